The van der Waals surface area contributed by atoms with Gasteiger partial charge in [0, 0.05) is 0 Å². The average Bonchev–Trinajstić information content (AvgIpc) is 3.53. The second-order valence-corrected chi connectivity index (χ2v) is 21.2. The van der Waals surface area contributed by atoms with Crippen LogP contribution in [0.15, 0.2) is 12.3 Å². The molecule has 1 aliphatic rings. The van der Waals surface area contributed by atoms with Gasteiger partial charge in [0.15, 0.2) is 0 Å². The van der Waals surface area contributed by atoms with Gasteiger partial charge in [0.2, 0.25) is 0 Å². The van der Waals surface area contributed by atoms with E-state index in [1.54, 1.807) is 0 Å². The molecule has 27 heavy (non-hydrogen) atoms. The molecule has 3 nitrogen and oxygen atoms in total. The van der Waals surface area contributed by atoms with Crippen molar-refractivity contribution in [3.8, 4) is 5.75 Å². The van der Waals surface area contributed by atoms with Gasteiger partial charge in [-0.3, -0.25) is 0 Å². The first-order valence-electron chi connectivity index (χ1n) is 11.4. The van der Waals surface area contributed by atoms with Gasteiger partial charge in [-0.1, -0.05) is 0 Å². The Balaban J connectivity index is 2.38. The van der Waals surface area contributed by atoms with E-state index in [0.29, 0.717) is 19.3 Å². The van der Waals surface area contributed by atoms with E-state index >= 15 is 0 Å². The van der Waals surface area contributed by atoms with Crippen molar-refractivity contribution in [2.45, 2.75) is 98.3 Å². The Kier molecular flexibility index (Phi) is 10.5. The minimum atomic E-state index is -2.60. The van der Waals surface area contributed by atoms with E-state index in [1.807, 2.05) is 6.92 Å². The summed E-state index contributed by atoms with van der Waals surface area (Å²) in [5.74, 6) is 1.79. The Hall–Kier alpha value is -0.291. The number of unbranched alkanes of at least 4 members (excludes halogenated alkanes) is 3. The molecule has 1 aromatic heterocycles. The fourth-order valence-electron chi connectivity index (χ4n) is 4.07. The van der Waals surface area contributed by atoms with Gasteiger partial charge in [-0.05, 0) is 0 Å². The summed E-state index contributed by atoms with van der Waals surface area (Å²) >= 11 is -2.60. The monoisotopic (exact) mass is 483 g/mol. The first kappa shape index (κ1) is 23.0. The molecule has 0 bridgehead atoms. The molecule has 2 rings (SSSR count). The molecule has 1 heterocycles. The quantitative estimate of drug-likeness (QED) is 0.165. The third-order valence-electron chi connectivity index (χ3n) is 5.95. The van der Waals surface area contributed by atoms with Gasteiger partial charge in [0.25, 0.3) is 0 Å². The van der Waals surface area contributed by atoms with Crippen molar-refractivity contribution in [3.05, 3.63) is 17.8 Å². The SMILES string of the molecule is CCC[CH2][Sn]([CH2]CCC)([CH2]CCC)[c]1ncc(C2CC2)cc1OCOCC. The van der Waals surface area contributed by atoms with Gasteiger partial charge in [-0.2, -0.15) is 0 Å². The molecule has 0 unspecified atom stereocenters. The Labute approximate surface area is 171 Å². The molecule has 0 aliphatic heterocycles. The molecule has 0 spiro atoms. The van der Waals surface area contributed by atoms with Crippen LogP contribution in [0.5, 0.6) is 5.75 Å². The zero-order valence-electron chi connectivity index (χ0n) is 18.2. The van der Waals surface area contributed by atoms with Crippen LogP contribution in [-0.4, -0.2) is 36.8 Å². The third kappa shape index (κ3) is 6.92. The Morgan fingerprint density at radius 3 is 2.04 bits per heavy atom. The van der Waals surface area contributed by atoms with Gasteiger partial charge in [-0.25, -0.2) is 0 Å². The number of rotatable bonds is 15. The zero-order chi connectivity index (χ0) is 19.5. The van der Waals surface area contributed by atoms with E-state index < -0.39 is 18.4 Å². The van der Waals surface area contributed by atoms with Crippen LogP contribution in [0.3, 0.4) is 0 Å². The van der Waals surface area contributed by atoms with Crippen molar-refractivity contribution in [1.82, 2.24) is 4.98 Å². The van der Waals surface area contributed by atoms with Gasteiger partial charge in [0.05, 0.1) is 0 Å². The zero-order valence-corrected chi connectivity index (χ0v) is 21.0. The standard InChI is InChI=1S/C11H14NO2.3C4H9.Sn/c1-2-13-8-14-11-5-10(6-12-7-11)9-3-4-9;3*1-3-4-2;/h5-6,9H,2-4,8H2,1H3;3*1,3-4H2,2H3;. The fourth-order valence-corrected chi connectivity index (χ4v) is 19.9. The molecule has 0 atom stereocenters. The van der Waals surface area contributed by atoms with Crippen molar-refractivity contribution < 1.29 is 9.47 Å². The van der Waals surface area contributed by atoms with E-state index in [0.717, 1.165) is 5.75 Å². The van der Waals surface area contributed by atoms with Gasteiger partial charge in [0.1, 0.15) is 0 Å². The van der Waals surface area contributed by atoms with Crippen molar-refractivity contribution in [2.24, 2.45) is 0 Å². The molecule has 0 amide bonds. The molecule has 4 heteroatoms. The predicted octanol–water partition coefficient (Wildman–Crippen LogP) is 6.39. The van der Waals surface area contributed by atoms with Crippen LogP contribution >= 0.6 is 0 Å². The van der Waals surface area contributed by atoms with Gasteiger partial charge >= 0.3 is 172 Å². The van der Waals surface area contributed by atoms with Crippen LogP contribution in [0.25, 0.3) is 0 Å². The first-order chi connectivity index (χ1) is 13.2. The van der Waals surface area contributed by atoms with Crippen LogP contribution in [0.2, 0.25) is 13.3 Å². The van der Waals surface area contributed by atoms with E-state index in [1.165, 1.54) is 74.0 Å². The molecule has 154 valence electrons. The summed E-state index contributed by atoms with van der Waals surface area (Å²) in [6, 6.07) is 2.33. The summed E-state index contributed by atoms with van der Waals surface area (Å²) in [4.78, 5) is 5.16. The van der Waals surface area contributed by atoms with E-state index in [4.69, 9.17) is 14.5 Å². The normalized spacial score (nSPS) is 14.5. The Morgan fingerprint density at radius 2 is 1.56 bits per heavy atom. The van der Waals surface area contributed by atoms with Gasteiger partial charge in [-0.15, -0.1) is 0 Å². The Morgan fingerprint density at radius 1 is 0.963 bits per heavy atom. The molecule has 0 radical (unpaired) electrons. The fraction of sp³-hybridized carbons (Fsp3) is 0.783. The summed E-state index contributed by atoms with van der Waals surface area (Å²) in [6.07, 6.45) is 12.7. The van der Waals surface area contributed by atoms with Crippen molar-refractivity contribution in [1.29, 1.82) is 0 Å². The molecule has 0 saturated heterocycles. The number of pyridine rings is 1. The molecule has 0 aromatic carbocycles. The maximum absolute atomic E-state index is 6.21. The molecule has 1 aliphatic carbocycles. The van der Waals surface area contributed by atoms with Crippen molar-refractivity contribution in [3.63, 3.8) is 0 Å². The molecule has 1 aromatic rings. The molecular weight excluding hydrogens is 441 g/mol. The topological polar surface area (TPSA) is 31.4 Å². The predicted molar refractivity (Wildman–Crippen MR) is 118 cm³/mol. The summed E-state index contributed by atoms with van der Waals surface area (Å²) in [5, 5.41) is 0. The van der Waals surface area contributed by atoms with Crippen LogP contribution in [0, 0.1) is 0 Å². The van der Waals surface area contributed by atoms with Crippen molar-refractivity contribution >= 4 is 22.1 Å². The first-order valence-corrected chi connectivity index (χ1v) is 18.9. The second-order valence-electron chi connectivity index (χ2n) is 8.24. The average molecular weight is 482 g/mol. The summed E-state index contributed by atoms with van der Waals surface area (Å²) in [7, 11) is 0. The molecule has 1 saturated carbocycles. The number of ether oxygens (including phenoxy) is 2. The third-order valence-corrected chi connectivity index (χ3v) is 21.1. The molecule has 1 fully saturated rings. The summed E-state index contributed by atoms with van der Waals surface area (Å²) < 4.78 is 17.4. The molecular formula is C23H41NO2Sn. The van der Waals surface area contributed by atoms with Crippen LogP contribution in [-0.2, 0) is 4.74 Å². The minimum absolute atomic E-state index is 0.358. The number of hydrogen-bond donors (Lipinski definition) is 0. The van der Waals surface area contributed by atoms with Crippen molar-refractivity contribution in [2.75, 3.05) is 13.4 Å². The van der Waals surface area contributed by atoms with E-state index in [9.17, 15) is 0 Å². The van der Waals surface area contributed by atoms with Crippen LogP contribution < -0.4 is 8.45 Å². The van der Waals surface area contributed by atoms with Gasteiger partial charge < -0.3 is 0 Å². The summed E-state index contributed by atoms with van der Waals surface area (Å²) in [5.41, 5.74) is 1.38. The number of nitrogens with zero attached hydrogens (tertiary/aromatic N) is 1. The van der Waals surface area contributed by atoms with E-state index in [2.05, 4.69) is 33.0 Å². The summed E-state index contributed by atoms with van der Waals surface area (Å²) in [6.45, 7) is 10.1. The van der Waals surface area contributed by atoms with Crippen LogP contribution in [0.1, 0.15) is 90.5 Å². The second kappa shape index (κ2) is 12.3. The van der Waals surface area contributed by atoms with E-state index in [-0.39, 0.29) is 0 Å². The number of hydrogen-bond acceptors (Lipinski definition) is 3. The number of aromatic nitrogens is 1. The van der Waals surface area contributed by atoms with Crippen LogP contribution in [0.4, 0.5) is 0 Å². The molecule has 0 N–H and O–H groups in total. The maximum atomic E-state index is 6.21. The Bertz CT molecular complexity index is 523.